The fourth-order valence-corrected chi connectivity index (χ4v) is 14.7. The SMILES string of the molecule is CC(C)[C@H]1NC(=O)[C@@H](Cc2cc(F)c(O)c(F)c2)N[C@@H](C)COc2ccccc2CCCNC(=O)[C@H](CN(C)C)NC1=O.CC(C)[C@H]1NC(=O)[C@@H](Cc2ccc(O)c(Cl)c2)N[C@@H](C)COc2ccccc2CCCNC(=O)[C@H](CN(C)C)NC1=O.CC(C)[C@H]1NC(=O)[C@@H](Cc2ccc(O)c(F)c2)N[C@@H](C)COc2ccccc2CCCNC(=O)[C@H](CN(C)C)NC1=O. The van der Waals surface area contributed by atoms with Gasteiger partial charge in [0, 0.05) is 57.4 Å². The second kappa shape index (κ2) is 51.3. The molecule has 12 atom stereocenters. The van der Waals surface area contributed by atoms with Gasteiger partial charge in [-0.3, -0.25) is 59.1 Å². The number of benzene rings is 6. The number of nitrogens with zero attached hydrogens (tertiary/aromatic N) is 3. The summed E-state index contributed by atoms with van der Waals surface area (Å²) < 4.78 is 60.8. The molecule has 0 fully saturated rings. The van der Waals surface area contributed by atoms with Crippen LogP contribution < -0.4 is 78.0 Å². The zero-order valence-corrected chi connectivity index (χ0v) is 76.3. The minimum absolute atomic E-state index is 0.0455. The third-order valence-electron chi connectivity index (χ3n) is 21.3. The molecule has 0 radical (unpaired) electrons. The molecule has 6 aromatic carbocycles. The summed E-state index contributed by atoms with van der Waals surface area (Å²) in [4.78, 5) is 126. The second-order valence-electron chi connectivity index (χ2n) is 34.6. The third-order valence-corrected chi connectivity index (χ3v) is 21.6. The van der Waals surface area contributed by atoms with Gasteiger partial charge in [0.15, 0.2) is 29.0 Å². The van der Waals surface area contributed by atoms with E-state index in [1.54, 1.807) is 51.0 Å². The molecule has 34 heteroatoms. The molecule has 0 bridgehead atoms. The summed E-state index contributed by atoms with van der Waals surface area (Å²) in [6, 6.07) is 24.9. The molecule has 9 rings (SSSR count). The molecule has 6 aromatic rings. The van der Waals surface area contributed by atoms with Crippen molar-refractivity contribution in [3.05, 3.63) is 177 Å². The minimum Gasteiger partial charge on any atom is -0.506 e. The number of rotatable bonds is 15. The first-order chi connectivity index (χ1) is 60.2. The van der Waals surface area contributed by atoms with E-state index in [0.717, 1.165) is 45.9 Å². The molecule has 9 amide bonds. The summed E-state index contributed by atoms with van der Waals surface area (Å²) in [6.07, 6.45) is 4.26. The highest BCUT2D eigenvalue weighted by Crippen LogP contribution is 2.28. The number of aryl methyl sites for hydroxylation is 3. The molecule has 3 aliphatic rings. The number of carbonyl (C=O) groups excluding carboxylic acids is 9. The van der Waals surface area contributed by atoms with Crippen LogP contribution >= 0.6 is 11.6 Å². The van der Waals surface area contributed by atoms with Crippen LogP contribution in [0.4, 0.5) is 13.2 Å². The summed E-state index contributed by atoms with van der Waals surface area (Å²) in [5, 5.41) is 64.8. The van der Waals surface area contributed by atoms with E-state index >= 15 is 0 Å². The van der Waals surface area contributed by atoms with Crippen molar-refractivity contribution in [1.29, 1.82) is 0 Å². The van der Waals surface area contributed by atoms with Crippen LogP contribution in [0.15, 0.2) is 121 Å². The van der Waals surface area contributed by atoms with E-state index < -0.39 is 113 Å². The smallest absolute Gasteiger partial charge is 0.243 e. The Morgan fingerprint density at radius 3 is 0.961 bits per heavy atom. The number of likely N-dealkylation sites (N-methyl/N-ethyl adjacent to an activating group) is 3. The number of phenolic OH excluding ortho intramolecular Hbond substituents is 3. The van der Waals surface area contributed by atoms with E-state index in [1.165, 1.54) is 18.2 Å². The van der Waals surface area contributed by atoms with Crippen molar-refractivity contribution in [2.24, 2.45) is 17.8 Å². The maximum absolute atomic E-state index is 14.1. The van der Waals surface area contributed by atoms with Crippen molar-refractivity contribution in [3.8, 4) is 34.5 Å². The lowest BCUT2D eigenvalue weighted by atomic mass is 10.00. The average Bonchev–Trinajstić information content (AvgIpc) is 0.832. The molecule has 0 unspecified atom stereocenters. The topological polar surface area (TPSA) is 396 Å². The van der Waals surface area contributed by atoms with Crippen LogP contribution in [0.25, 0.3) is 0 Å². The van der Waals surface area contributed by atoms with Gasteiger partial charge in [0.1, 0.15) is 79.1 Å². The summed E-state index contributed by atoms with van der Waals surface area (Å²) in [7, 11) is 10.9. The number of para-hydroxylation sites is 3. The molecular formula is C93H131ClF3N15O15. The van der Waals surface area contributed by atoms with Gasteiger partial charge in [-0.05, 0) is 227 Å². The van der Waals surface area contributed by atoms with E-state index in [-0.39, 0.29) is 121 Å². The van der Waals surface area contributed by atoms with Crippen LogP contribution in [0, 0.1) is 35.2 Å². The molecule has 0 saturated heterocycles. The molecule has 0 aromatic heterocycles. The molecule has 3 aliphatic heterocycles. The van der Waals surface area contributed by atoms with Crippen LogP contribution in [0.2, 0.25) is 5.02 Å². The highest BCUT2D eigenvalue weighted by molar-refractivity contribution is 6.32. The van der Waals surface area contributed by atoms with Crippen molar-refractivity contribution in [3.63, 3.8) is 0 Å². The first kappa shape index (κ1) is 103. The van der Waals surface area contributed by atoms with Gasteiger partial charge < -0.3 is 92.1 Å². The van der Waals surface area contributed by atoms with Gasteiger partial charge in [0.05, 0.1) is 23.1 Å². The van der Waals surface area contributed by atoms with Crippen molar-refractivity contribution >= 4 is 64.8 Å². The number of nitrogens with one attached hydrogen (secondary N) is 12. The van der Waals surface area contributed by atoms with Crippen molar-refractivity contribution in [2.45, 2.75) is 193 Å². The molecule has 127 heavy (non-hydrogen) atoms. The quantitative estimate of drug-likeness (QED) is 0.0569. The number of aromatic hydroxyl groups is 3. The number of hydrogen-bond acceptors (Lipinski definition) is 21. The Balaban J connectivity index is 0.000000261. The van der Waals surface area contributed by atoms with E-state index in [4.69, 9.17) is 25.8 Å². The highest BCUT2D eigenvalue weighted by Gasteiger charge is 2.37. The first-order valence-corrected chi connectivity index (χ1v) is 43.7. The fraction of sp³-hybridized carbons (Fsp3) is 0.516. The normalized spacial score (nSPS) is 23.1. The average molecular weight is 1790 g/mol. The van der Waals surface area contributed by atoms with Gasteiger partial charge in [0.25, 0.3) is 0 Å². The number of fused-ring (bicyclic) bond motifs is 3. The lowest BCUT2D eigenvalue weighted by molar-refractivity contribution is -0.133. The Bertz CT molecular complexity index is 4410. The maximum atomic E-state index is 14.1. The number of halogens is 4. The Morgan fingerprint density at radius 1 is 0.370 bits per heavy atom. The van der Waals surface area contributed by atoms with Gasteiger partial charge >= 0.3 is 0 Å². The molecule has 0 saturated carbocycles. The minimum atomic E-state index is -1.15. The molecular weight excluding hydrogens is 1660 g/mol. The predicted octanol–water partition coefficient (Wildman–Crippen LogP) is 5.90. The van der Waals surface area contributed by atoms with E-state index in [9.17, 15) is 71.6 Å². The van der Waals surface area contributed by atoms with Crippen LogP contribution in [0.5, 0.6) is 34.5 Å². The number of amides is 9. The van der Waals surface area contributed by atoms with Crippen LogP contribution in [0.3, 0.4) is 0 Å². The van der Waals surface area contributed by atoms with Gasteiger partial charge in [0.2, 0.25) is 53.2 Å². The number of carbonyl (C=O) groups is 9. The standard InChI is InChI=1S/C31H44ClN5O5.C31H43F2N5O5.C31H44FN5O5/c1-19(2)28-31(41)35-25(17-37(4)5)29(39)33-14-8-10-22-9-6-7-11-27(22)42-18-20(3)34-24(30(40)36-28)16-21-12-13-26(38)23(32)15-21;1-18(2)27-31(42)36-25(16-38(4)5)29(40)34-12-8-10-21-9-6-7-11-26(21)43-17-19(3)35-24(30(41)37-27)15-20-13-22(32)28(39)23(33)14-20;1-19(2)28-31(41)35-25(17-37(4)5)29(39)33-14-8-10-22-9-6-7-11-27(22)42-18-20(3)34-24(30(40)36-28)16-21-12-13-26(38)23(32)15-21/h6-7,9,11-13,15,19-20,24-25,28,34,38H,8,10,14,16-18H2,1-5H3,(H,33,39)(H,35,41)(H,36,40);6-7,9,11,13-14,18-19,24-25,27,35,39H,8,10,12,15-17H2,1-5H3,(H,34,40)(H,36,42)(H,37,41);6-7,9,11-13,15,19-20,24-25,28,34,38H,8,10,14,16-18H2,1-5H3,(H,33,39)(H,35,41)(H,36,40)/t20-,24+,25-,28+;19-,24+,25-,27+;20-,24+,25-,28+/m000/s1. The number of ether oxygens (including phenoxy) is 3. The Kier molecular flexibility index (Phi) is 41.7. The van der Waals surface area contributed by atoms with Gasteiger partial charge in [-0.25, -0.2) is 13.2 Å². The maximum Gasteiger partial charge on any atom is 0.243 e. The zero-order chi connectivity index (χ0) is 93.3. The number of hydrogen-bond donors (Lipinski definition) is 15. The summed E-state index contributed by atoms with van der Waals surface area (Å²) in [5.74, 6) is -7.22. The second-order valence-corrected chi connectivity index (χ2v) is 35.0. The third kappa shape index (κ3) is 34.0. The highest BCUT2D eigenvalue weighted by atomic mass is 35.5. The van der Waals surface area contributed by atoms with Crippen molar-refractivity contribution in [2.75, 3.05) is 101 Å². The predicted molar refractivity (Wildman–Crippen MR) is 481 cm³/mol. The van der Waals surface area contributed by atoms with E-state index in [0.29, 0.717) is 82.6 Å². The van der Waals surface area contributed by atoms with Crippen LogP contribution in [0.1, 0.15) is 115 Å². The monoisotopic (exact) mass is 1790 g/mol. The Labute approximate surface area is 748 Å². The van der Waals surface area contributed by atoms with Gasteiger partial charge in [-0.1, -0.05) is 120 Å². The van der Waals surface area contributed by atoms with Crippen molar-refractivity contribution < 1.29 is 85.9 Å². The molecule has 15 N–H and O–H groups in total. The first-order valence-electron chi connectivity index (χ1n) is 43.4. The molecule has 696 valence electrons. The largest absolute Gasteiger partial charge is 0.506 e. The lowest BCUT2D eigenvalue weighted by Gasteiger charge is -2.29. The summed E-state index contributed by atoms with van der Waals surface area (Å²) >= 11 is 6.14. The summed E-state index contributed by atoms with van der Waals surface area (Å²) in [5.41, 5.74) is 4.32. The Morgan fingerprint density at radius 2 is 0.661 bits per heavy atom. The molecule has 0 spiro atoms. The van der Waals surface area contributed by atoms with Crippen LogP contribution in [-0.2, 0) is 81.7 Å². The molecule has 30 nitrogen and oxygen atoms in total. The van der Waals surface area contributed by atoms with Crippen molar-refractivity contribution in [1.82, 2.24) is 78.5 Å². The van der Waals surface area contributed by atoms with E-state index in [1.807, 2.05) is 159 Å². The summed E-state index contributed by atoms with van der Waals surface area (Å²) in [6.45, 7) is 19.3. The fourth-order valence-electron chi connectivity index (χ4n) is 14.5. The molecule has 3 heterocycles. The Hall–Kier alpha value is -10.8. The van der Waals surface area contributed by atoms with E-state index in [2.05, 4.69) is 63.8 Å². The lowest BCUT2D eigenvalue weighted by Crippen LogP contribution is -2.60. The number of phenols is 3. The van der Waals surface area contributed by atoms with Crippen LogP contribution in [-0.4, -0.2) is 257 Å². The molecule has 0 aliphatic carbocycles. The van der Waals surface area contributed by atoms with Gasteiger partial charge in [-0.15, -0.1) is 0 Å². The zero-order valence-electron chi connectivity index (χ0n) is 75.5. The van der Waals surface area contributed by atoms with Gasteiger partial charge in [-0.2, -0.15) is 0 Å².